The fourth-order valence-electron chi connectivity index (χ4n) is 4.66. The number of aromatic nitrogens is 7. The first-order chi connectivity index (χ1) is 18.3. The number of fused-ring (bicyclic) bond motifs is 1. The molecule has 202 valence electrons. The number of hydrogen-bond donors (Lipinski definition) is 0. The Morgan fingerprint density at radius 1 is 1.03 bits per heavy atom. The summed E-state index contributed by atoms with van der Waals surface area (Å²) in [7, 11) is 3.12. The van der Waals surface area contributed by atoms with Crippen molar-refractivity contribution < 1.29 is 17.6 Å². The third kappa shape index (κ3) is 4.70. The second kappa shape index (κ2) is 9.44. The fraction of sp³-hybridized carbons (Fsp3) is 0.296. The number of alkyl halides is 3. The Morgan fingerprint density at radius 2 is 1.72 bits per heavy atom. The molecule has 0 unspecified atom stereocenters. The van der Waals surface area contributed by atoms with Gasteiger partial charge in [0.2, 0.25) is 5.95 Å². The molecule has 0 N–H and O–H groups in total. The molecule has 0 fully saturated rings. The van der Waals surface area contributed by atoms with Crippen LogP contribution in [0.4, 0.5) is 17.6 Å². The number of hydrogen-bond acceptors (Lipinski definition) is 5. The number of aryl methyl sites for hydroxylation is 3. The van der Waals surface area contributed by atoms with Gasteiger partial charge in [0.1, 0.15) is 11.3 Å². The van der Waals surface area contributed by atoms with E-state index in [2.05, 4.69) is 15.0 Å². The van der Waals surface area contributed by atoms with E-state index in [1.807, 2.05) is 13.8 Å². The van der Waals surface area contributed by atoms with Gasteiger partial charge in [-0.25, -0.2) is 24.7 Å². The van der Waals surface area contributed by atoms with Gasteiger partial charge in [-0.1, -0.05) is 38.1 Å². The largest absolute Gasteiger partial charge is 0.434 e. The first kappa shape index (κ1) is 26.3. The van der Waals surface area contributed by atoms with Crippen LogP contribution in [0.25, 0.3) is 33.9 Å². The van der Waals surface area contributed by atoms with Crippen molar-refractivity contribution >= 4 is 11.2 Å². The van der Waals surface area contributed by atoms with Crippen LogP contribution in [-0.2, 0) is 26.8 Å². The van der Waals surface area contributed by atoms with E-state index in [0.717, 1.165) is 11.8 Å². The van der Waals surface area contributed by atoms with E-state index in [-0.39, 0.29) is 24.0 Å². The SMILES string of the molecule is Cc1nc(F)cc(C(C)C)c1-c1ncc2c(n1)n(Cc1ccc(-c3nc(C(F)(F)F)cn3C)cc1)c(=O)n2C. The van der Waals surface area contributed by atoms with Crippen molar-refractivity contribution in [3.63, 3.8) is 0 Å². The summed E-state index contributed by atoms with van der Waals surface area (Å²) in [6.45, 7) is 5.73. The van der Waals surface area contributed by atoms with Crippen molar-refractivity contribution in [3.8, 4) is 22.8 Å². The van der Waals surface area contributed by atoms with E-state index in [1.165, 1.54) is 26.8 Å². The highest BCUT2D eigenvalue weighted by Gasteiger charge is 2.34. The molecule has 0 amide bonds. The second-order valence-electron chi connectivity index (χ2n) is 9.73. The summed E-state index contributed by atoms with van der Waals surface area (Å²) in [6, 6.07) is 8.16. The standard InChI is InChI=1S/C27H25F4N7O/c1-14(2)18-10-21(28)33-15(3)22(18)23-32-11-19-25(35-23)38(26(39)37(19)5)12-16-6-8-17(9-7-16)24-34-20(13-36(24)4)27(29,30)31/h6-11,13-14H,12H2,1-5H3. The Bertz CT molecular complexity index is 1760. The van der Waals surface area contributed by atoms with Gasteiger partial charge in [-0.05, 0) is 30.0 Å². The van der Waals surface area contributed by atoms with E-state index in [4.69, 9.17) is 4.98 Å². The summed E-state index contributed by atoms with van der Waals surface area (Å²) in [5, 5.41) is 0. The summed E-state index contributed by atoms with van der Waals surface area (Å²) >= 11 is 0. The van der Waals surface area contributed by atoms with Crippen LogP contribution in [-0.4, -0.2) is 33.6 Å². The molecular formula is C27H25F4N7O. The lowest BCUT2D eigenvalue weighted by Gasteiger charge is -2.14. The van der Waals surface area contributed by atoms with E-state index in [0.29, 0.717) is 39.4 Å². The van der Waals surface area contributed by atoms with Crippen molar-refractivity contribution in [2.45, 2.75) is 39.4 Å². The van der Waals surface area contributed by atoms with Crippen molar-refractivity contribution in [2.24, 2.45) is 14.1 Å². The molecule has 1 aromatic carbocycles. The van der Waals surface area contributed by atoms with Crippen LogP contribution in [0, 0.1) is 12.9 Å². The number of pyridine rings is 1. The molecular weight excluding hydrogens is 514 g/mol. The van der Waals surface area contributed by atoms with E-state index >= 15 is 0 Å². The molecule has 0 radical (unpaired) electrons. The van der Waals surface area contributed by atoms with Gasteiger partial charge < -0.3 is 4.57 Å². The van der Waals surface area contributed by atoms with Gasteiger partial charge in [0.15, 0.2) is 17.2 Å². The topological polar surface area (TPSA) is 83.4 Å². The quantitative estimate of drug-likeness (QED) is 0.226. The van der Waals surface area contributed by atoms with Crippen LogP contribution in [0.5, 0.6) is 0 Å². The van der Waals surface area contributed by atoms with Crippen LogP contribution in [0.15, 0.2) is 47.5 Å². The molecule has 5 rings (SSSR count). The van der Waals surface area contributed by atoms with Gasteiger partial charge in [0.25, 0.3) is 0 Å². The maximum Gasteiger partial charge on any atom is 0.434 e. The molecule has 12 heteroatoms. The van der Waals surface area contributed by atoms with Crippen LogP contribution < -0.4 is 5.69 Å². The Kier molecular flexibility index (Phi) is 6.36. The van der Waals surface area contributed by atoms with Gasteiger partial charge >= 0.3 is 11.9 Å². The molecule has 0 aliphatic rings. The van der Waals surface area contributed by atoms with Gasteiger partial charge in [-0.2, -0.15) is 17.6 Å². The highest BCUT2D eigenvalue weighted by molar-refractivity contribution is 5.75. The monoisotopic (exact) mass is 539 g/mol. The Labute approximate surface area is 220 Å². The third-order valence-electron chi connectivity index (χ3n) is 6.65. The third-order valence-corrected chi connectivity index (χ3v) is 6.65. The number of nitrogens with zero attached hydrogens (tertiary/aromatic N) is 7. The summed E-state index contributed by atoms with van der Waals surface area (Å²) in [6.07, 6.45) is -2.03. The number of rotatable bonds is 5. The predicted molar refractivity (Wildman–Crippen MR) is 138 cm³/mol. The van der Waals surface area contributed by atoms with Crippen molar-refractivity contribution in [3.05, 3.63) is 81.7 Å². The molecule has 0 saturated carbocycles. The Hall–Kier alpha value is -4.35. The highest BCUT2D eigenvalue weighted by Crippen LogP contribution is 2.32. The Balaban J connectivity index is 1.54. The molecule has 0 aliphatic heterocycles. The van der Waals surface area contributed by atoms with Crippen molar-refractivity contribution in [2.75, 3.05) is 0 Å². The molecule has 0 bridgehead atoms. The molecule has 0 saturated heterocycles. The molecule has 4 heterocycles. The summed E-state index contributed by atoms with van der Waals surface area (Å²) in [4.78, 5) is 30.0. The molecule has 0 spiro atoms. The zero-order valence-corrected chi connectivity index (χ0v) is 21.9. The fourth-order valence-corrected chi connectivity index (χ4v) is 4.66. The van der Waals surface area contributed by atoms with Crippen LogP contribution in [0.3, 0.4) is 0 Å². The van der Waals surface area contributed by atoms with Gasteiger partial charge in [-0.3, -0.25) is 9.13 Å². The minimum atomic E-state index is -4.54. The van der Waals surface area contributed by atoms with Gasteiger partial charge in [0.05, 0.1) is 18.4 Å². The maximum atomic E-state index is 14.1. The molecule has 0 atom stereocenters. The van der Waals surface area contributed by atoms with E-state index in [9.17, 15) is 22.4 Å². The molecule has 5 aromatic rings. The van der Waals surface area contributed by atoms with Gasteiger partial charge in [-0.15, -0.1) is 0 Å². The summed E-state index contributed by atoms with van der Waals surface area (Å²) in [5.41, 5.74) is 2.67. The normalized spacial score (nSPS) is 12.2. The van der Waals surface area contributed by atoms with Crippen molar-refractivity contribution in [1.82, 2.24) is 33.6 Å². The molecule has 4 aromatic heterocycles. The molecule has 8 nitrogen and oxygen atoms in total. The van der Waals surface area contributed by atoms with Crippen LogP contribution in [0.2, 0.25) is 0 Å². The number of imidazole rings is 2. The van der Waals surface area contributed by atoms with E-state index < -0.39 is 17.8 Å². The van der Waals surface area contributed by atoms with E-state index in [1.54, 1.807) is 44.4 Å². The second-order valence-corrected chi connectivity index (χ2v) is 9.73. The lowest BCUT2D eigenvalue weighted by atomic mass is 9.96. The highest BCUT2D eigenvalue weighted by atomic mass is 19.4. The minimum Gasteiger partial charge on any atom is -0.333 e. The Morgan fingerprint density at radius 3 is 2.33 bits per heavy atom. The van der Waals surface area contributed by atoms with Gasteiger partial charge in [0, 0.05) is 31.4 Å². The predicted octanol–water partition coefficient (Wildman–Crippen LogP) is 5.23. The minimum absolute atomic E-state index is 0.0158. The first-order valence-electron chi connectivity index (χ1n) is 12.1. The van der Waals surface area contributed by atoms with Crippen LogP contribution >= 0.6 is 0 Å². The smallest absolute Gasteiger partial charge is 0.333 e. The lowest BCUT2D eigenvalue weighted by Crippen LogP contribution is -2.22. The summed E-state index contributed by atoms with van der Waals surface area (Å²) in [5.74, 6) is -0.0851. The average Bonchev–Trinajstić information content (AvgIpc) is 3.37. The number of halogens is 4. The van der Waals surface area contributed by atoms with Crippen molar-refractivity contribution in [1.29, 1.82) is 0 Å². The number of benzene rings is 1. The molecule has 39 heavy (non-hydrogen) atoms. The van der Waals surface area contributed by atoms with Crippen LogP contribution in [0.1, 0.15) is 42.3 Å². The molecule has 0 aliphatic carbocycles. The first-order valence-corrected chi connectivity index (χ1v) is 12.1. The zero-order valence-electron chi connectivity index (χ0n) is 21.9. The average molecular weight is 540 g/mol. The summed E-state index contributed by atoms with van der Waals surface area (Å²) < 4.78 is 57.5. The zero-order chi connectivity index (χ0) is 28.2. The maximum absolute atomic E-state index is 14.1. The lowest BCUT2D eigenvalue weighted by molar-refractivity contribution is -0.140.